The smallest absolute Gasteiger partial charge is 0.266 e. The van der Waals surface area contributed by atoms with Gasteiger partial charge in [-0.1, -0.05) is 24.3 Å². The Morgan fingerprint density at radius 2 is 1.61 bits per heavy atom. The lowest BCUT2D eigenvalue weighted by Crippen LogP contribution is -2.32. The van der Waals surface area contributed by atoms with E-state index in [2.05, 4.69) is 4.98 Å². The number of hydrogen-bond acceptors (Lipinski definition) is 3. The highest BCUT2D eigenvalue weighted by molar-refractivity contribution is 7.13. The first-order valence-corrected chi connectivity index (χ1v) is 10.1. The molecule has 0 N–H and O–H groups in total. The van der Waals surface area contributed by atoms with Crippen molar-refractivity contribution in [3.05, 3.63) is 86.9 Å². The van der Waals surface area contributed by atoms with Gasteiger partial charge in [-0.25, -0.2) is 13.8 Å². The van der Waals surface area contributed by atoms with Crippen molar-refractivity contribution in [3.63, 3.8) is 0 Å². The van der Waals surface area contributed by atoms with Crippen LogP contribution in [0.25, 0.3) is 0 Å². The van der Waals surface area contributed by atoms with Crippen LogP contribution in [-0.4, -0.2) is 21.8 Å². The molecule has 1 amide bonds. The summed E-state index contributed by atoms with van der Waals surface area (Å²) >= 11 is 1.40. The van der Waals surface area contributed by atoms with Gasteiger partial charge in [-0.15, -0.1) is 11.3 Å². The molecular formula is C22H20F2N2OS. The summed E-state index contributed by atoms with van der Waals surface area (Å²) in [5, 5.41) is 0.838. The monoisotopic (exact) mass is 398 g/mol. The van der Waals surface area contributed by atoms with Crippen LogP contribution in [0.5, 0.6) is 0 Å². The van der Waals surface area contributed by atoms with Crippen LogP contribution in [-0.2, 0) is 13.0 Å². The quantitative estimate of drug-likeness (QED) is 0.577. The van der Waals surface area contributed by atoms with Crippen LogP contribution < -0.4 is 0 Å². The van der Waals surface area contributed by atoms with Crippen molar-refractivity contribution in [2.75, 3.05) is 0 Å². The molecule has 1 saturated carbocycles. The fourth-order valence-corrected chi connectivity index (χ4v) is 4.23. The maximum absolute atomic E-state index is 13.2. The maximum Gasteiger partial charge on any atom is 0.266 e. The van der Waals surface area contributed by atoms with Gasteiger partial charge in [0, 0.05) is 19.0 Å². The molecule has 1 aliphatic carbocycles. The van der Waals surface area contributed by atoms with Crippen LogP contribution in [0.3, 0.4) is 0 Å². The Bertz CT molecular complexity index is 979. The van der Waals surface area contributed by atoms with Crippen LogP contribution in [0, 0.1) is 18.6 Å². The largest absolute Gasteiger partial charge is 0.331 e. The minimum absolute atomic E-state index is 0.0211. The first-order chi connectivity index (χ1) is 13.5. The van der Waals surface area contributed by atoms with E-state index in [9.17, 15) is 13.6 Å². The lowest BCUT2D eigenvalue weighted by molar-refractivity contribution is 0.0734. The number of thiazole rings is 1. The van der Waals surface area contributed by atoms with Gasteiger partial charge in [0.2, 0.25) is 0 Å². The molecule has 1 aliphatic rings. The zero-order chi connectivity index (χ0) is 19.7. The van der Waals surface area contributed by atoms with Crippen molar-refractivity contribution in [2.24, 2.45) is 0 Å². The summed E-state index contributed by atoms with van der Waals surface area (Å²) in [6.45, 7) is 2.31. The molecule has 2 aromatic carbocycles. The van der Waals surface area contributed by atoms with E-state index in [0.29, 0.717) is 17.8 Å². The number of nitrogens with zero attached hydrogens (tertiary/aromatic N) is 2. The summed E-state index contributed by atoms with van der Waals surface area (Å²) in [6, 6.07) is 12.8. The molecule has 1 fully saturated rings. The Morgan fingerprint density at radius 3 is 2.18 bits per heavy atom. The second-order valence-corrected chi connectivity index (χ2v) is 8.20. The molecule has 0 unspecified atom stereocenters. The van der Waals surface area contributed by atoms with Crippen LogP contribution >= 0.6 is 11.3 Å². The Hall–Kier alpha value is -2.60. The standard InChI is InChI=1S/C22H20F2N2OS/c1-14-21(28-20(25-14)12-15-2-6-17(23)7-3-15)22(27)26(19-10-11-19)13-16-4-8-18(24)9-5-16/h2-9,19H,10-13H2,1H3. The van der Waals surface area contributed by atoms with Gasteiger partial charge >= 0.3 is 0 Å². The van der Waals surface area contributed by atoms with E-state index < -0.39 is 0 Å². The molecule has 144 valence electrons. The van der Waals surface area contributed by atoms with E-state index in [-0.39, 0.29) is 23.6 Å². The first kappa shape index (κ1) is 18.7. The zero-order valence-electron chi connectivity index (χ0n) is 15.5. The molecule has 28 heavy (non-hydrogen) atoms. The molecule has 0 spiro atoms. The van der Waals surface area contributed by atoms with Crippen molar-refractivity contribution in [2.45, 2.75) is 38.8 Å². The average molecular weight is 398 g/mol. The number of aromatic nitrogens is 1. The molecule has 4 rings (SSSR count). The van der Waals surface area contributed by atoms with E-state index in [1.165, 1.54) is 35.6 Å². The SMILES string of the molecule is Cc1nc(Cc2ccc(F)cc2)sc1C(=O)N(Cc1ccc(F)cc1)C1CC1. The van der Waals surface area contributed by atoms with Gasteiger partial charge in [0.05, 0.1) is 10.7 Å². The summed E-state index contributed by atoms with van der Waals surface area (Å²) in [4.78, 5) is 20.3. The first-order valence-electron chi connectivity index (χ1n) is 9.26. The molecule has 3 nitrogen and oxygen atoms in total. The molecule has 3 aromatic rings. The highest BCUT2D eigenvalue weighted by Gasteiger charge is 2.34. The topological polar surface area (TPSA) is 33.2 Å². The van der Waals surface area contributed by atoms with Gasteiger partial charge in [-0.05, 0) is 55.2 Å². The van der Waals surface area contributed by atoms with Gasteiger partial charge in [-0.2, -0.15) is 0 Å². The Labute approximate surface area is 166 Å². The van der Waals surface area contributed by atoms with E-state index in [1.807, 2.05) is 11.8 Å². The van der Waals surface area contributed by atoms with Crippen molar-refractivity contribution >= 4 is 17.2 Å². The third kappa shape index (κ3) is 4.28. The van der Waals surface area contributed by atoms with Crippen LogP contribution in [0.2, 0.25) is 0 Å². The molecule has 1 heterocycles. The van der Waals surface area contributed by atoms with Crippen molar-refractivity contribution in [1.82, 2.24) is 9.88 Å². The van der Waals surface area contributed by atoms with E-state index >= 15 is 0 Å². The minimum atomic E-state index is -0.281. The second kappa shape index (κ2) is 7.80. The Kier molecular flexibility index (Phi) is 5.22. The highest BCUT2D eigenvalue weighted by atomic mass is 32.1. The normalized spacial score (nSPS) is 13.5. The predicted molar refractivity (Wildman–Crippen MR) is 105 cm³/mol. The maximum atomic E-state index is 13.2. The van der Waals surface area contributed by atoms with Crippen LogP contribution in [0.1, 0.15) is 44.3 Å². The van der Waals surface area contributed by atoms with Gasteiger partial charge in [-0.3, -0.25) is 4.79 Å². The summed E-state index contributed by atoms with van der Waals surface area (Å²) < 4.78 is 26.3. The molecule has 0 bridgehead atoms. The van der Waals surface area contributed by atoms with E-state index in [4.69, 9.17) is 0 Å². The van der Waals surface area contributed by atoms with Gasteiger partial charge < -0.3 is 4.90 Å². The Morgan fingerprint density at radius 1 is 1.04 bits per heavy atom. The summed E-state index contributed by atoms with van der Waals surface area (Å²) in [7, 11) is 0. The number of halogens is 2. The van der Waals surface area contributed by atoms with Gasteiger partial charge in [0.1, 0.15) is 16.5 Å². The fraction of sp³-hybridized carbons (Fsp3) is 0.273. The number of amides is 1. The predicted octanol–water partition coefficient (Wildman–Crippen LogP) is 5.13. The number of rotatable bonds is 6. The second-order valence-electron chi connectivity index (χ2n) is 7.12. The fourth-order valence-electron chi connectivity index (χ4n) is 3.17. The van der Waals surface area contributed by atoms with Crippen molar-refractivity contribution in [1.29, 1.82) is 0 Å². The average Bonchev–Trinajstić information content (AvgIpc) is 3.45. The lowest BCUT2D eigenvalue weighted by Gasteiger charge is -2.22. The molecule has 0 saturated heterocycles. The molecular weight excluding hydrogens is 378 g/mol. The third-order valence-electron chi connectivity index (χ3n) is 4.82. The lowest BCUT2D eigenvalue weighted by atomic mass is 10.1. The van der Waals surface area contributed by atoms with E-state index in [0.717, 1.165) is 34.7 Å². The summed E-state index contributed by atoms with van der Waals surface area (Å²) in [5.74, 6) is -0.570. The third-order valence-corrected chi connectivity index (χ3v) is 5.96. The molecule has 0 atom stereocenters. The summed E-state index contributed by atoms with van der Waals surface area (Å²) in [5.41, 5.74) is 2.59. The number of carbonyl (C=O) groups excluding carboxylic acids is 1. The molecule has 0 radical (unpaired) electrons. The summed E-state index contributed by atoms with van der Waals surface area (Å²) in [6.07, 6.45) is 2.56. The molecule has 6 heteroatoms. The van der Waals surface area contributed by atoms with Crippen LogP contribution in [0.4, 0.5) is 8.78 Å². The van der Waals surface area contributed by atoms with Gasteiger partial charge in [0.25, 0.3) is 5.91 Å². The number of carbonyl (C=O) groups is 1. The minimum Gasteiger partial charge on any atom is -0.331 e. The number of benzene rings is 2. The van der Waals surface area contributed by atoms with Gasteiger partial charge in [0.15, 0.2) is 0 Å². The van der Waals surface area contributed by atoms with Crippen LogP contribution in [0.15, 0.2) is 48.5 Å². The zero-order valence-corrected chi connectivity index (χ0v) is 16.3. The van der Waals surface area contributed by atoms with E-state index in [1.54, 1.807) is 24.3 Å². The van der Waals surface area contributed by atoms with Crippen molar-refractivity contribution < 1.29 is 13.6 Å². The Balaban J connectivity index is 1.53. The molecule has 1 aromatic heterocycles. The number of hydrogen-bond donors (Lipinski definition) is 0. The van der Waals surface area contributed by atoms with Crippen molar-refractivity contribution in [3.8, 4) is 0 Å². The molecule has 0 aliphatic heterocycles. The number of aryl methyl sites for hydroxylation is 1. The highest BCUT2D eigenvalue weighted by Crippen LogP contribution is 2.32.